The third-order valence-electron chi connectivity index (χ3n) is 4.11. The molecule has 0 radical (unpaired) electrons. The van der Waals surface area contributed by atoms with Gasteiger partial charge >= 0.3 is 5.63 Å². The number of rotatable bonds is 2. The molecule has 4 nitrogen and oxygen atoms in total. The highest BCUT2D eigenvalue weighted by Gasteiger charge is 2.24. The zero-order chi connectivity index (χ0) is 15.8. The Hall–Kier alpha value is -2.30. The molecule has 23 heavy (non-hydrogen) atoms. The first-order valence-corrected chi connectivity index (χ1v) is 7.84. The van der Waals surface area contributed by atoms with Crippen molar-refractivity contribution in [2.24, 2.45) is 0 Å². The van der Waals surface area contributed by atoms with Crippen LogP contribution in [0.5, 0.6) is 5.75 Å². The lowest BCUT2D eigenvalue weighted by Crippen LogP contribution is -3.10. The summed E-state index contributed by atoms with van der Waals surface area (Å²) >= 11 is 6.25. The molecule has 116 valence electrons. The second-order valence-electron chi connectivity index (χ2n) is 5.70. The molecule has 4 rings (SSSR count). The highest BCUT2D eigenvalue weighted by Crippen LogP contribution is 2.28. The molecular formula is C18H15ClNO3+. The molecule has 1 aromatic heterocycles. The van der Waals surface area contributed by atoms with Crippen LogP contribution in [0.25, 0.3) is 11.0 Å². The van der Waals surface area contributed by atoms with Crippen LogP contribution >= 0.6 is 11.6 Å². The van der Waals surface area contributed by atoms with Crippen molar-refractivity contribution in [1.82, 2.24) is 0 Å². The van der Waals surface area contributed by atoms with Crippen LogP contribution in [-0.2, 0) is 13.1 Å². The fraction of sp³-hybridized carbons (Fsp3) is 0.167. The Kier molecular flexibility index (Phi) is 3.56. The molecule has 0 fully saturated rings. The molecule has 3 aromatic rings. The minimum absolute atomic E-state index is 0.343. The zero-order valence-electron chi connectivity index (χ0n) is 12.3. The first-order valence-electron chi connectivity index (χ1n) is 7.46. The van der Waals surface area contributed by atoms with Gasteiger partial charge in [0.1, 0.15) is 18.8 Å². The van der Waals surface area contributed by atoms with Crippen LogP contribution < -0.4 is 15.3 Å². The van der Waals surface area contributed by atoms with Gasteiger partial charge < -0.3 is 9.15 Å². The van der Waals surface area contributed by atoms with Crippen molar-refractivity contribution in [1.29, 1.82) is 0 Å². The average Bonchev–Trinajstić information content (AvgIpc) is 2.57. The second kappa shape index (κ2) is 5.72. The Morgan fingerprint density at radius 2 is 1.91 bits per heavy atom. The van der Waals surface area contributed by atoms with Gasteiger partial charge in [-0.05, 0) is 24.3 Å². The van der Waals surface area contributed by atoms with E-state index in [1.165, 1.54) is 11.0 Å². The lowest BCUT2D eigenvalue weighted by atomic mass is 10.1. The predicted molar refractivity (Wildman–Crippen MR) is 87.8 cm³/mol. The molecular weight excluding hydrogens is 314 g/mol. The zero-order valence-corrected chi connectivity index (χ0v) is 13.1. The molecule has 1 aliphatic rings. The van der Waals surface area contributed by atoms with Crippen LogP contribution in [0.4, 0.5) is 0 Å². The normalized spacial score (nSPS) is 16.8. The minimum Gasteiger partial charge on any atom is -0.445 e. The van der Waals surface area contributed by atoms with Crippen molar-refractivity contribution >= 4 is 22.6 Å². The van der Waals surface area contributed by atoms with Gasteiger partial charge in [0, 0.05) is 22.0 Å². The molecule has 5 heteroatoms. The molecule has 0 bridgehead atoms. The fourth-order valence-corrected chi connectivity index (χ4v) is 3.18. The number of benzene rings is 2. The number of hydrogen-bond donors (Lipinski definition) is 1. The van der Waals surface area contributed by atoms with E-state index in [-0.39, 0.29) is 5.63 Å². The summed E-state index contributed by atoms with van der Waals surface area (Å²) in [6.45, 7) is 2.04. The smallest absolute Gasteiger partial charge is 0.336 e. The van der Waals surface area contributed by atoms with Crippen molar-refractivity contribution in [2.45, 2.75) is 13.1 Å². The van der Waals surface area contributed by atoms with Gasteiger partial charge in [-0.25, -0.2) is 4.79 Å². The molecule has 0 amide bonds. The van der Waals surface area contributed by atoms with Gasteiger partial charge in [0.15, 0.2) is 5.58 Å². The molecule has 1 unspecified atom stereocenters. The minimum atomic E-state index is -0.343. The highest BCUT2D eigenvalue weighted by molar-refractivity contribution is 6.31. The van der Waals surface area contributed by atoms with Crippen molar-refractivity contribution in [3.05, 3.63) is 75.1 Å². The van der Waals surface area contributed by atoms with Gasteiger partial charge in [0.25, 0.3) is 0 Å². The summed E-state index contributed by atoms with van der Waals surface area (Å²) in [5.74, 6) is 0.787. The fourth-order valence-electron chi connectivity index (χ4n) is 2.98. The lowest BCUT2D eigenvalue weighted by molar-refractivity contribution is -0.945. The maximum atomic E-state index is 11.6. The molecule has 2 aromatic carbocycles. The van der Waals surface area contributed by atoms with E-state index in [1.807, 2.05) is 36.4 Å². The number of nitrogens with one attached hydrogen (secondary N) is 1. The van der Waals surface area contributed by atoms with Crippen LogP contribution in [0.3, 0.4) is 0 Å². The first-order chi connectivity index (χ1) is 11.2. The van der Waals surface area contributed by atoms with Crippen LogP contribution in [0.1, 0.15) is 11.1 Å². The van der Waals surface area contributed by atoms with E-state index in [4.69, 9.17) is 20.8 Å². The van der Waals surface area contributed by atoms with E-state index in [2.05, 4.69) is 0 Å². The summed E-state index contributed by atoms with van der Waals surface area (Å²) in [5.41, 5.74) is 2.29. The summed E-state index contributed by atoms with van der Waals surface area (Å²) in [4.78, 5) is 12.8. The van der Waals surface area contributed by atoms with Crippen LogP contribution in [-0.4, -0.2) is 6.73 Å². The van der Waals surface area contributed by atoms with Crippen molar-refractivity contribution < 1.29 is 14.1 Å². The molecule has 0 saturated heterocycles. The monoisotopic (exact) mass is 328 g/mol. The van der Waals surface area contributed by atoms with E-state index < -0.39 is 0 Å². The van der Waals surface area contributed by atoms with E-state index in [1.54, 1.807) is 6.07 Å². The number of quaternary nitrogens is 1. The third-order valence-corrected chi connectivity index (χ3v) is 4.48. The third kappa shape index (κ3) is 2.71. The Morgan fingerprint density at radius 1 is 1.09 bits per heavy atom. The Bertz CT molecular complexity index is 935. The summed E-state index contributed by atoms with van der Waals surface area (Å²) in [6, 6.07) is 14.9. The lowest BCUT2D eigenvalue weighted by Gasteiger charge is -2.26. The van der Waals surface area contributed by atoms with Crippen LogP contribution in [0.15, 0.2) is 57.7 Å². The maximum absolute atomic E-state index is 11.6. The average molecular weight is 329 g/mol. The number of hydrogen-bond acceptors (Lipinski definition) is 3. The SMILES string of the molecule is O=c1ccc2ccc3c(c2o1)C[NH+](Cc1ccccc1Cl)CO3. The molecule has 2 heterocycles. The topological polar surface area (TPSA) is 43.9 Å². The van der Waals surface area contributed by atoms with Crippen LogP contribution in [0.2, 0.25) is 5.02 Å². The first kappa shape index (κ1) is 14.3. The Labute approximate surface area is 137 Å². The summed E-state index contributed by atoms with van der Waals surface area (Å²) in [5, 5.41) is 1.67. The molecule has 0 spiro atoms. The summed E-state index contributed by atoms with van der Waals surface area (Å²) in [6.07, 6.45) is 0. The number of ether oxygens (including phenoxy) is 1. The molecule has 0 aliphatic carbocycles. The second-order valence-corrected chi connectivity index (χ2v) is 6.11. The van der Waals surface area contributed by atoms with E-state index in [0.717, 1.165) is 40.4 Å². The predicted octanol–water partition coefficient (Wildman–Crippen LogP) is 2.38. The van der Waals surface area contributed by atoms with E-state index in [0.29, 0.717) is 12.3 Å². The Morgan fingerprint density at radius 3 is 2.78 bits per heavy atom. The maximum Gasteiger partial charge on any atom is 0.336 e. The van der Waals surface area contributed by atoms with Gasteiger partial charge in [-0.2, -0.15) is 0 Å². The molecule has 1 atom stereocenters. The summed E-state index contributed by atoms with van der Waals surface area (Å²) in [7, 11) is 0. The standard InChI is InChI=1S/C18H14ClNO3/c19-15-4-2-1-3-13(15)9-20-10-14-16(22-11-20)7-5-12-6-8-17(21)23-18(12)14/h1-8H,9-11H2/p+1. The summed E-state index contributed by atoms with van der Waals surface area (Å²) < 4.78 is 11.3. The molecule has 1 N–H and O–H groups in total. The largest absolute Gasteiger partial charge is 0.445 e. The van der Waals surface area contributed by atoms with Gasteiger partial charge in [-0.15, -0.1) is 0 Å². The van der Waals surface area contributed by atoms with Crippen LogP contribution in [0, 0.1) is 0 Å². The molecule has 1 aliphatic heterocycles. The van der Waals surface area contributed by atoms with Crippen molar-refractivity contribution in [2.75, 3.05) is 6.73 Å². The van der Waals surface area contributed by atoms with Gasteiger partial charge in [0.2, 0.25) is 6.73 Å². The van der Waals surface area contributed by atoms with Gasteiger partial charge in [-0.3, -0.25) is 4.90 Å². The van der Waals surface area contributed by atoms with Crippen molar-refractivity contribution in [3.8, 4) is 5.75 Å². The number of fused-ring (bicyclic) bond motifs is 3. The molecule has 0 saturated carbocycles. The van der Waals surface area contributed by atoms with Gasteiger partial charge in [0.05, 0.1) is 5.56 Å². The van der Waals surface area contributed by atoms with Crippen molar-refractivity contribution in [3.63, 3.8) is 0 Å². The van der Waals surface area contributed by atoms with Gasteiger partial charge in [-0.1, -0.05) is 29.8 Å². The Balaban J connectivity index is 1.69. The quantitative estimate of drug-likeness (QED) is 0.735. The highest BCUT2D eigenvalue weighted by atomic mass is 35.5. The van der Waals surface area contributed by atoms with E-state index in [9.17, 15) is 4.79 Å². The van der Waals surface area contributed by atoms with E-state index >= 15 is 0 Å². The number of halogens is 1.